The van der Waals surface area contributed by atoms with Gasteiger partial charge in [0.1, 0.15) is 11.5 Å². The smallest absolute Gasteiger partial charge is 0.317 e. The molecule has 2 amide bonds. The molecule has 31 heavy (non-hydrogen) atoms. The van der Waals surface area contributed by atoms with Crippen LogP contribution in [0.25, 0.3) is 0 Å². The van der Waals surface area contributed by atoms with E-state index in [1.807, 2.05) is 17.0 Å². The third-order valence-corrected chi connectivity index (χ3v) is 5.57. The van der Waals surface area contributed by atoms with Crippen molar-refractivity contribution in [1.29, 1.82) is 0 Å². The van der Waals surface area contributed by atoms with Gasteiger partial charge in [-0.1, -0.05) is 12.1 Å². The zero-order chi connectivity index (χ0) is 21.6. The summed E-state index contributed by atoms with van der Waals surface area (Å²) in [6.07, 6.45) is 1.76. The fourth-order valence-corrected chi connectivity index (χ4v) is 3.86. The van der Waals surface area contributed by atoms with Gasteiger partial charge in [-0.15, -0.1) is 0 Å². The molecule has 0 spiro atoms. The van der Waals surface area contributed by atoms with Gasteiger partial charge in [0.05, 0.1) is 18.1 Å². The summed E-state index contributed by atoms with van der Waals surface area (Å²) >= 11 is 0. The Morgan fingerprint density at radius 3 is 2.55 bits per heavy atom. The van der Waals surface area contributed by atoms with Crippen molar-refractivity contribution in [3.8, 4) is 0 Å². The van der Waals surface area contributed by atoms with Crippen molar-refractivity contribution >= 4 is 23.2 Å². The first-order valence-corrected chi connectivity index (χ1v) is 10.4. The number of hydrogen-bond acceptors (Lipinski definition) is 7. The Bertz CT molecular complexity index is 926. The lowest BCUT2D eigenvalue weighted by molar-refractivity contribution is -0.384. The van der Waals surface area contributed by atoms with E-state index in [9.17, 15) is 14.9 Å². The maximum absolute atomic E-state index is 12.6. The fourth-order valence-electron chi connectivity index (χ4n) is 3.86. The number of urea groups is 1. The predicted molar refractivity (Wildman–Crippen MR) is 116 cm³/mol. The first-order chi connectivity index (χ1) is 15.1. The van der Waals surface area contributed by atoms with Gasteiger partial charge in [-0.25, -0.2) is 9.78 Å². The molecule has 164 valence electrons. The van der Waals surface area contributed by atoms with E-state index < -0.39 is 0 Å². The summed E-state index contributed by atoms with van der Waals surface area (Å²) in [6.45, 7) is 5.55. The number of rotatable bonds is 5. The molecule has 2 aliphatic heterocycles. The first-order valence-electron chi connectivity index (χ1n) is 10.4. The predicted octanol–water partition coefficient (Wildman–Crippen LogP) is 1.86. The number of carbonyl (C=O) groups is 1. The van der Waals surface area contributed by atoms with Gasteiger partial charge in [0.15, 0.2) is 0 Å². The van der Waals surface area contributed by atoms with Crippen LogP contribution in [0.1, 0.15) is 5.56 Å². The van der Waals surface area contributed by atoms with E-state index in [4.69, 9.17) is 4.74 Å². The standard InChI is InChI=1S/C21H26N6O4/c28-21(23-16-17-5-6-22-20(15-17)25-11-13-31-14-12-25)26-9-7-24(8-10-26)18-3-1-2-4-19(18)27(29)30/h1-6,15H,7-14,16H2,(H,23,28). The average molecular weight is 426 g/mol. The van der Waals surface area contributed by atoms with Gasteiger partial charge < -0.3 is 24.8 Å². The average Bonchev–Trinajstić information content (AvgIpc) is 2.83. The monoisotopic (exact) mass is 426 g/mol. The molecule has 4 rings (SSSR count). The van der Waals surface area contributed by atoms with Crippen LogP contribution in [-0.4, -0.2) is 73.3 Å². The van der Waals surface area contributed by atoms with Crippen LogP contribution in [0.5, 0.6) is 0 Å². The topological polar surface area (TPSA) is 104 Å². The highest BCUT2D eigenvalue weighted by Gasteiger charge is 2.25. The van der Waals surface area contributed by atoms with Crippen molar-refractivity contribution in [3.63, 3.8) is 0 Å². The van der Waals surface area contributed by atoms with Crippen LogP contribution in [0.4, 0.5) is 22.0 Å². The zero-order valence-electron chi connectivity index (χ0n) is 17.3. The minimum absolute atomic E-state index is 0.0918. The molecule has 0 aliphatic carbocycles. The summed E-state index contributed by atoms with van der Waals surface area (Å²) < 4.78 is 5.38. The largest absolute Gasteiger partial charge is 0.378 e. The van der Waals surface area contributed by atoms with Gasteiger partial charge in [0.25, 0.3) is 5.69 Å². The summed E-state index contributed by atoms with van der Waals surface area (Å²) in [5.74, 6) is 0.896. The van der Waals surface area contributed by atoms with Crippen molar-refractivity contribution in [2.24, 2.45) is 0 Å². The Morgan fingerprint density at radius 1 is 1.06 bits per heavy atom. The number of aromatic nitrogens is 1. The van der Waals surface area contributed by atoms with Gasteiger partial charge in [-0.05, 0) is 23.8 Å². The van der Waals surface area contributed by atoms with Crippen LogP contribution >= 0.6 is 0 Å². The molecule has 0 atom stereocenters. The van der Waals surface area contributed by atoms with E-state index >= 15 is 0 Å². The third-order valence-electron chi connectivity index (χ3n) is 5.57. The van der Waals surface area contributed by atoms with Crippen molar-refractivity contribution in [2.45, 2.75) is 6.54 Å². The van der Waals surface area contributed by atoms with Crippen LogP contribution < -0.4 is 15.1 Å². The molecule has 2 fully saturated rings. The minimum Gasteiger partial charge on any atom is -0.378 e. The summed E-state index contributed by atoms with van der Waals surface area (Å²) in [7, 11) is 0. The lowest BCUT2D eigenvalue weighted by atomic mass is 10.2. The highest BCUT2D eigenvalue weighted by atomic mass is 16.6. The van der Waals surface area contributed by atoms with Crippen LogP contribution in [0.3, 0.4) is 0 Å². The Balaban J connectivity index is 1.29. The molecular formula is C21H26N6O4. The summed E-state index contributed by atoms with van der Waals surface area (Å²) in [6, 6.07) is 10.5. The second-order valence-corrected chi connectivity index (χ2v) is 7.50. The number of morpholine rings is 1. The normalized spacial score (nSPS) is 16.8. The van der Waals surface area contributed by atoms with E-state index in [-0.39, 0.29) is 16.6 Å². The van der Waals surface area contributed by atoms with Crippen LogP contribution in [0.2, 0.25) is 0 Å². The number of nitro groups is 1. The fraction of sp³-hybridized carbons (Fsp3) is 0.429. The number of nitro benzene ring substituents is 1. The molecule has 0 unspecified atom stereocenters. The quantitative estimate of drug-likeness (QED) is 0.575. The maximum atomic E-state index is 12.6. The number of para-hydroxylation sites is 2. The number of benzene rings is 1. The Morgan fingerprint density at radius 2 is 1.81 bits per heavy atom. The molecule has 2 aromatic rings. The van der Waals surface area contributed by atoms with E-state index in [0.717, 1.165) is 24.5 Å². The Kier molecular flexibility index (Phi) is 6.46. The molecule has 0 bridgehead atoms. The number of piperazine rings is 1. The number of carbonyl (C=O) groups excluding carboxylic acids is 1. The van der Waals surface area contributed by atoms with Gasteiger partial charge in [-0.2, -0.15) is 0 Å². The molecule has 0 radical (unpaired) electrons. The minimum atomic E-state index is -0.367. The summed E-state index contributed by atoms with van der Waals surface area (Å²) in [4.78, 5) is 33.8. The van der Waals surface area contributed by atoms with E-state index in [0.29, 0.717) is 51.6 Å². The molecular weight excluding hydrogens is 400 g/mol. The van der Waals surface area contributed by atoms with Crippen LogP contribution in [-0.2, 0) is 11.3 Å². The summed E-state index contributed by atoms with van der Waals surface area (Å²) in [5, 5.41) is 14.2. The van der Waals surface area contributed by atoms with Crippen molar-refractivity contribution in [1.82, 2.24) is 15.2 Å². The molecule has 2 saturated heterocycles. The van der Waals surface area contributed by atoms with Crippen molar-refractivity contribution < 1.29 is 14.5 Å². The zero-order valence-corrected chi connectivity index (χ0v) is 17.3. The van der Waals surface area contributed by atoms with E-state index in [2.05, 4.69) is 15.2 Å². The lowest BCUT2D eigenvalue weighted by Crippen LogP contribution is -2.51. The Labute approximate surface area is 180 Å². The maximum Gasteiger partial charge on any atom is 0.317 e. The second-order valence-electron chi connectivity index (χ2n) is 7.50. The Hall–Kier alpha value is -3.40. The van der Waals surface area contributed by atoms with Gasteiger partial charge in [-0.3, -0.25) is 10.1 Å². The molecule has 10 nitrogen and oxygen atoms in total. The van der Waals surface area contributed by atoms with Crippen LogP contribution in [0.15, 0.2) is 42.6 Å². The van der Waals surface area contributed by atoms with Gasteiger partial charge in [0, 0.05) is 58.1 Å². The number of ether oxygens (including phenoxy) is 1. The number of nitrogens with one attached hydrogen (secondary N) is 1. The molecule has 3 heterocycles. The second kappa shape index (κ2) is 9.61. The third kappa shape index (κ3) is 5.02. The van der Waals surface area contributed by atoms with E-state index in [1.54, 1.807) is 29.3 Å². The van der Waals surface area contributed by atoms with Gasteiger partial charge in [0.2, 0.25) is 0 Å². The molecule has 0 saturated carbocycles. The molecule has 1 aromatic heterocycles. The number of anilines is 2. The molecule has 1 N–H and O–H groups in total. The first kappa shape index (κ1) is 20.9. The number of hydrogen-bond donors (Lipinski definition) is 1. The molecule has 1 aromatic carbocycles. The van der Waals surface area contributed by atoms with Crippen molar-refractivity contribution in [2.75, 3.05) is 62.3 Å². The molecule has 2 aliphatic rings. The summed E-state index contributed by atoms with van der Waals surface area (Å²) in [5.41, 5.74) is 1.68. The molecule has 10 heteroatoms. The van der Waals surface area contributed by atoms with Gasteiger partial charge >= 0.3 is 6.03 Å². The SMILES string of the molecule is O=C(NCc1ccnc(N2CCOCC2)c1)N1CCN(c2ccccc2[N+](=O)[O-])CC1. The highest BCUT2D eigenvalue weighted by Crippen LogP contribution is 2.28. The number of pyridine rings is 1. The highest BCUT2D eigenvalue weighted by molar-refractivity contribution is 5.75. The number of amides is 2. The van der Waals surface area contributed by atoms with Crippen molar-refractivity contribution in [3.05, 3.63) is 58.3 Å². The van der Waals surface area contributed by atoms with Crippen LogP contribution in [0, 0.1) is 10.1 Å². The van der Waals surface area contributed by atoms with E-state index in [1.165, 1.54) is 6.07 Å². The number of nitrogens with zero attached hydrogens (tertiary/aromatic N) is 5. The lowest BCUT2D eigenvalue weighted by Gasteiger charge is -2.35.